The van der Waals surface area contributed by atoms with Crippen LogP contribution in [0.25, 0.3) is 0 Å². The molecule has 0 aromatic heterocycles. The standard InChI is InChI=1S/C25H28N2O4/c1-30-25(29)17-5-7-21(8-6-17)31-22-9-10-23-18(15-22)11-14-27(24(23)28)20-12-13-26(16-20)19-3-2-4-19/h5-10,15,19-20H,2-4,11-14,16H2,1H3/t20-/m1/s1. The minimum atomic E-state index is -0.374. The Labute approximate surface area is 182 Å². The van der Waals surface area contributed by atoms with E-state index < -0.39 is 0 Å². The molecule has 1 saturated carbocycles. The van der Waals surface area contributed by atoms with Gasteiger partial charge < -0.3 is 14.4 Å². The van der Waals surface area contributed by atoms with Gasteiger partial charge in [0, 0.05) is 37.3 Å². The number of rotatable bonds is 5. The number of carbonyl (C=O) groups is 2. The van der Waals surface area contributed by atoms with Crippen molar-refractivity contribution in [3.8, 4) is 11.5 Å². The molecule has 0 spiro atoms. The molecule has 2 aromatic rings. The number of fused-ring (bicyclic) bond motifs is 1. The molecule has 31 heavy (non-hydrogen) atoms. The quantitative estimate of drug-likeness (QED) is 0.687. The third kappa shape index (κ3) is 3.92. The smallest absolute Gasteiger partial charge is 0.337 e. The van der Waals surface area contributed by atoms with Crippen LogP contribution in [-0.2, 0) is 11.2 Å². The van der Waals surface area contributed by atoms with Gasteiger partial charge in [-0.05, 0) is 73.7 Å². The van der Waals surface area contributed by atoms with Gasteiger partial charge in [-0.1, -0.05) is 6.42 Å². The van der Waals surface area contributed by atoms with Crippen LogP contribution in [0.5, 0.6) is 11.5 Å². The molecule has 0 N–H and O–H groups in total. The van der Waals surface area contributed by atoms with Crippen LogP contribution in [0.1, 0.15) is 52.0 Å². The van der Waals surface area contributed by atoms with E-state index in [0.29, 0.717) is 23.1 Å². The fourth-order valence-electron chi connectivity index (χ4n) is 4.91. The van der Waals surface area contributed by atoms with Crippen molar-refractivity contribution in [2.75, 3.05) is 26.7 Å². The predicted octanol–water partition coefficient (Wildman–Crippen LogP) is 3.89. The molecule has 6 nitrogen and oxygen atoms in total. The number of amides is 1. The minimum Gasteiger partial charge on any atom is -0.465 e. The first-order valence-corrected chi connectivity index (χ1v) is 11.2. The summed E-state index contributed by atoms with van der Waals surface area (Å²) in [5, 5.41) is 0. The monoisotopic (exact) mass is 420 g/mol. The van der Waals surface area contributed by atoms with Crippen molar-refractivity contribution >= 4 is 11.9 Å². The Balaban J connectivity index is 1.25. The van der Waals surface area contributed by atoms with Gasteiger partial charge in [-0.15, -0.1) is 0 Å². The molecule has 1 aliphatic carbocycles. The van der Waals surface area contributed by atoms with Gasteiger partial charge in [0.15, 0.2) is 0 Å². The van der Waals surface area contributed by atoms with Gasteiger partial charge in [0.1, 0.15) is 11.5 Å². The lowest BCUT2D eigenvalue weighted by molar-refractivity contribution is 0.0599. The van der Waals surface area contributed by atoms with Gasteiger partial charge in [0.2, 0.25) is 0 Å². The Bertz CT molecular complexity index is 984. The number of hydrogen-bond acceptors (Lipinski definition) is 5. The van der Waals surface area contributed by atoms with Crippen molar-refractivity contribution < 1.29 is 19.1 Å². The number of hydrogen-bond donors (Lipinski definition) is 0. The van der Waals surface area contributed by atoms with Crippen molar-refractivity contribution in [3.63, 3.8) is 0 Å². The SMILES string of the molecule is COC(=O)c1ccc(Oc2ccc3c(c2)CCN([C@@H]2CCN(C4CCC4)C2)C3=O)cc1. The van der Waals surface area contributed by atoms with Crippen molar-refractivity contribution in [1.29, 1.82) is 0 Å². The number of nitrogens with zero attached hydrogens (tertiary/aromatic N) is 2. The maximum absolute atomic E-state index is 13.2. The molecule has 2 heterocycles. The molecule has 2 aromatic carbocycles. The Morgan fingerprint density at radius 1 is 0.968 bits per heavy atom. The molecular weight excluding hydrogens is 392 g/mol. The van der Waals surface area contributed by atoms with Gasteiger partial charge in [-0.2, -0.15) is 0 Å². The molecular formula is C25H28N2O4. The van der Waals surface area contributed by atoms with Crippen molar-refractivity contribution in [2.24, 2.45) is 0 Å². The third-order valence-electron chi connectivity index (χ3n) is 6.93. The summed E-state index contributed by atoms with van der Waals surface area (Å²) in [6, 6.07) is 13.6. The highest BCUT2D eigenvalue weighted by atomic mass is 16.5. The topological polar surface area (TPSA) is 59.1 Å². The summed E-state index contributed by atoms with van der Waals surface area (Å²) < 4.78 is 10.7. The average Bonchev–Trinajstić information content (AvgIpc) is 3.21. The second-order valence-corrected chi connectivity index (χ2v) is 8.71. The summed E-state index contributed by atoms with van der Waals surface area (Å²) in [5.41, 5.74) is 2.31. The summed E-state index contributed by atoms with van der Waals surface area (Å²) in [6.07, 6.45) is 5.91. The summed E-state index contributed by atoms with van der Waals surface area (Å²) in [6.45, 7) is 2.91. The van der Waals surface area contributed by atoms with E-state index >= 15 is 0 Å². The molecule has 1 saturated heterocycles. The highest BCUT2D eigenvalue weighted by Gasteiger charge is 2.37. The van der Waals surface area contributed by atoms with E-state index in [1.165, 1.54) is 26.4 Å². The van der Waals surface area contributed by atoms with Crippen molar-refractivity contribution in [2.45, 2.75) is 44.2 Å². The van der Waals surface area contributed by atoms with Crippen LogP contribution in [0.4, 0.5) is 0 Å². The molecule has 0 bridgehead atoms. The number of carbonyl (C=O) groups excluding carboxylic acids is 2. The normalized spacial score (nSPS) is 21.5. The number of benzene rings is 2. The molecule has 2 fully saturated rings. The molecule has 2 aliphatic heterocycles. The molecule has 162 valence electrons. The van der Waals surface area contributed by atoms with Gasteiger partial charge in [-0.3, -0.25) is 9.69 Å². The number of likely N-dealkylation sites (tertiary alicyclic amines) is 1. The zero-order valence-corrected chi connectivity index (χ0v) is 17.9. The molecule has 3 aliphatic rings. The molecule has 6 heteroatoms. The van der Waals surface area contributed by atoms with Gasteiger partial charge in [-0.25, -0.2) is 4.79 Å². The van der Waals surface area contributed by atoms with Gasteiger partial charge in [0.05, 0.1) is 12.7 Å². The van der Waals surface area contributed by atoms with Crippen LogP contribution >= 0.6 is 0 Å². The fraction of sp³-hybridized carbons (Fsp3) is 0.440. The van der Waals surface area contributed by atoms with E-state index in [0.717, 1.165) is 49.6 Å². The second kappa shape index (κ2) is 8.35. The minimum absolute atomic E-state index is 0.149. The first-order valence-electron chi connectivity index (χ1n) is 11.2. The number of esters is 1. The Morgan fingerprint density at radius 3 is 2.45 bits per heavy atom. The second-order valence-electron chi connectivity index (χ2n) is 8.71. The zero-order chi connectivity index (χ0) is 21.4. The van der Waals surface area contributed by atoms with Crippen LogP contribution < -0.4 is 4.74 Å². The Kier molecular flexibility index (Phi) is 5.40. The van der Waals surface area contributed by atoms with E-state index in [4.69, 9.17) is 9.47 Å². The molecule has 0 radical (unpaired) electrons. The lowest BCUT2D eigenvalue weighted by Gasteiger charge is -2.37. The maximum atomic E-state index is 13.2. The molecule has 1 amide bonds. The Hall–Kier alpha value is -2.86. The number of ether oxygens (including phenoxy) is 2. The summed E-state index contributed by atoms with van der Waals surface area (Å²) in [7, 11) is 1.36. The van der Waals surface area contributed by atoms with E-state index in [2.05, 4.69) is 9.80 Å². The number of methoxy groups -OCH3 is 1. The predicted molar refractivity (Wildman–Crippen MR) is 117 cm³/mol. The third-order valence-corrected chi connectivity index (χ3v) is 6.93. The summed E-state index contributed by atoms with van der Waals surface area (Å²) >= 11 is 0. The van der Waals surface area contributed by atoms with E-state index in [9.17, 15) is 9.59 Å². The Morgan fingerprint density at radius 2 is 1.74 bits per heavy atom. The van der Waals surface area contributed by atoms with Gasteiger partial charge >= 0.3 is 5.97 Å². The van der Waals surface area contributed by atoms with Crippen molar-refractivity contribution in [1.82, 2.24) is 9.80 Å². The zero-order valence-electron chi connectivity index (χ0n) is 17.9. The van der Waals surface area contributed by atoms with E-state index in [1.807, 2.05) is 18.2 Å². The van der Waals surface area contributed by atoms with Crippen LogP contribution in [0.2, 0.25) is 0 Å². The molecule has 0 unspecified atom stereocenters. The first-order chi connectivity index (χ1) is 15.1. The lowest BCUT2D eigenvalue weighted by atomic mass is 9.92. The maximum Gasteiger partial charge on any atom is 0.337 e. The molecule has 1 atom stereocenters. The summed E-state index contributed by atoms with van der Waals surface area (Å²) in [5.74, 6) is 1.11. The average molecular weight is 421 g/mol. The largest absolute Gasteiger partial charge is 0.465 e. The van der Waals surface area contributed by atoms with E-state index in [-0.39, 0.29) is 11.9 Å². The highest BCUT2D eigenvalue weighted by Crippen LogP contribution is 2.32. The van der Waals surface area contributed by atoms with Crippen LogP contribution in [0.3, 0.4) is 0 Å². The van der Waals surface area contributed by atoms with Crippen LogP contribution in [0.15, 0.2) is 42.5 Å². The first kappa shape index (κ1) is 20.1. The van der Waals surface area contributed by atoms with Crippen LogP contribution in [-0.4, -0.2) is 60.5 Å². The molecule has 5 rings (SSSR count). The van der Waals surface area contributed by atoms with Crippen LogP contribution in [0, 0.1) is 0 Å². The van der Waals surface area contributed by atoms with Crippen molar-refractivity contribution in [3.05, 3.63) is 59.2 Å². The van der Waals surface area contributed by atoms with E-state index in [1.54, 1.807) is 24.3 Å². The lowest BCUT2D eigenvalue weighted by Crippen LogP contribution is -2.47. The van der Waals surface area contributed by atoms with Gasteiger partial charge in [0.25, 0.3) is 5.91 Å². The fourth-order valence-corrected chi connectivity index (χ4v) is 4.91. The summed E-state index contributed by atoms with van der Waals surface area (Å²) in [4.78, 5) is 29.4. The highest BCUT2D eigenvalue weighted by molar-refractivity contribution is 5.97.